The highest BCUT2D eigenvalue weighted by Gasteiger charge is 2.05. The van der Waals surface area contributed by atoms with Crippen LogP contribution in [0.1, 0.15) is 0 Å². The summed E-state index contributed by atoms with van der Waals surface area (Å²) >= 11 is 0. The van der Waals surface area contributed by atoms with E-state index in [1.54, 1.807) is 19.2 Å². The van der Waals surface area contributed by atoms with E-state index in [2.05, 4.69) is 10.6 Å². The van der Waals surface area contributed by atoms with E-state index in [9.17, 15) is 4.79 Å². The highest BCUT2D eigenvalue weighted by Crippen LogP contribution is 2.22. The number of hydrogen-bond donors (Lipinski definition) is 3. The van der Waals surface area contributed by atoms with Gasteiger partial charge in [0.25, 0.3) is 0 Å². The van der Waals surface area contributed by atoms with Gasteiger partial charge in [0.2, 0.25) is 0 Å². The van der Waals surface area contributed by atoms with Crippen molar-refractivity contribution in [2.75, 3.05) is 38.8 Å². The molecule has 0 unspecified atom stereocenters. The van der Waals surface area contributed by atoms with E-state index >= 15 is 0 Å². The molecule has 0 saturated heterocycles. The number of amides is 2. The maximum absolute atomic E-state index is 11.5. The van der Waals surface area contributed by atoms with Gasteiger partial charge >= 0.3 is 6.03 Å². The second kappa shape index (κ2) is 8.32. The number of anilines is 1. The summed E-state index contributed by atoms with van der Waals surface area (Å²) in [6, 6.07) is 6.82. The fourth-order valence-electron chi connectivity index (χ4n) is 1.32. The number of benzene rings is 1. The van der Waals surface area contributed by atoms with Crippen LogP contribution in [0.2, 0.25) is 0 Å². The maximum Gasteiger partial charge on any atom is 0.319 e. The molecule has 18 heavy (non-hydrogen) atoms. The van der Waals surface area contributed by atoms with Gasteiger partial charge in [-0.1, -0.05) is 12.1 Å². The minimum Gasteiger partial charge on any atom is -0.495 e. The molecule has 0 aliphatic rings. The molecule has 6 heteroatoms. The zero-order valence-electron chi connectivity index (χ0n) is 10.3. The first-order chi connectivity index (χ1) is 8.77. The van der Waals surface area contributed by atoms with Crippen LogP contribution >= 0.6 is 0 Å². The van der Waals surface area contributed by atoms with Gasteiger partial charge in [-0.25, -0.2) is 4.79 Å². The molecule has 1 aromatic rings. The molecule has 0 aromatic heterocycles. The van der Waals surface area contributed by atoms with Crippen molar-refractivity contribution in [1.82, 2.24) is 5.32 Å². The molecule has 0 saturated carbocycles. The number of rotatable bonds is 7. The summed E-state index contributed by atoms with van der Waals surface area (Å²) in [5, 5.41) is 13.8. The summed E-state index contributed by atoms with van der Waals surface area (Å²) in [7, 11) is 1.54. The van der Waals surface area contributed by atoms with Gasteiger partial charge < -0.3 is 25.2 Å². The van der Waals surface area contributed by atoms with Crippen molar-refractivity contribution in [2.45, 2.75) is 0 Å². The van der Waals surface area contributed by atoms with Gasteiger partial charge in [-0.2, -0.15) is 0 Å². The Hall–Kier alpha value is -1.79. The molecule has 0 radical (unpaired) electrons. The number of nitrogens with one attached hydrogen (secondary N) is 2. The van der Waals surface area contributed by atoms with Gasteiger partial charge in [0.05, 0.1) is 32.6 Å². The fraction of sp³-hybridized carbons (Fsp3) is 0.417. The SMILES string of the molecule is COc1ccccc1NC(=O)NCCOCCO. The molecule has 1 rings (SSSR count). The monoisotopic (exact) mass is 254 g/mol. The largest absolute Gasteiger partial charge is 0.495 e. The molecule has 2 amide bonds. The van der Waals surface area contributed by atoms with Crippen LogP contribution in [0, 0.1) is 0 Å². The van der Waals surface area contributed by atoms with Gasteiger partial charge in [-0.05, 0) is 12.1 Å². The first-order valence-corrected chi connectivity index (χ1v) is 5.64. The molecule has 0 fully saturated rings. The van der Waals surface area contributed by atoms with Crippen molar-refractivity contribution in [3.63, 3.8) is 0 Å². The normalized spacial score (nSPS) is 9.89. The standard InChI is InChI=1S/C12H18N2O4/c1-17-11-5-3-2-4-10(11)14-12(16)13-6-8-18-9-7-15/h2-5,15H,6-9H2,1H3,(H2,13,14,16). The van der Waals surface area contributed by atoms with Gasteiger partial charge in [0.15, 0.2) is 0 Å². The fourth-order valence-corrected chi connectivity index (χ4v) is 1.32. The number of aliphatic hydroxyl groups excluding tert-OH is 1. The Morgan fingerprint density at radius 3 is 2.83 bits per heavy atom. The first-order valence-electron chi connectivity index (χ1n) is 5.64. The number of carbonyl (C=O) groups excluding carboxylic acids is 1. The third-order valence-electron chi connectivity index (χ3n) is 2.12. The van der Waals surface area contributed by atoms with Crippen LogP contribution in [-0.4, -0.2) is 44.6 Å². The molecular formula is C12H18N2O4. The van der Waals surface area contributed by atoms with Crippen LogP contribution in [-0.2, 0) is 4.74 Å². The molecule has 0 aliphatic heterocycles. The van der Waals surface area contributed by atoms with E-state index in [0.29, 0.717) is 24.6 Å². The third kappa shape index (κ3) is 5.03. The van der Waals surface area contributed by atoms with Crippen LogP contribution in [0.15, 0.2) is 24.3 Å². The Balaban J connectivity index is 2.31. The minimum atomic E-state index is -0.327. The average molecular weight is 254 g/mol. The van der Waals surface area contributed by atoms with E-state index in [1.807, 2.05) is 12.1 Å². The Morgan fingerprint density at radius 1 is 1.33 bits per heavy atom. The van der Waals surface area contributed by atoms with Gasteiger partial charge in [-0.3, -0.25) is 0 Å². The average Bonchev–Trinajstić information content (AvgIpc) is 2.39. The van der Waals surface area contributed by atoms with Crippen LogP contribution in [0.25, 0.3) is 0 Å². The second-order valence-electron chi connectivity index (χ2n) is 3.42. The Bertz CT molecular complexity index is 371. The first kappa shape index (κ1) is 14.3. The van der Waals surface area contributed by atoms with Crippen molar-refractivity contribution in [2.24, 2.45) is 0 Å². The summed E-state index contributed by atoms with van der Waals surface area (Å²) in [5.74, 6) is 0.601. The molecule has 0 spiro atoms. The van der Waals surface area contributed by atoms with Crippen molar-refractivity contribution in [1.29, 1.82) is 0 Å². The quantitative estimate of drug-likeness (QED) is 0.629. The molecule has 0 aliphatic carbocycles. The maximum atomic E-state index is 11.5. The summed E-state index contributed by atoms with van der Waals surface area (Å²) < 4.78 is 10.1. The molecule has 100 valence electrons. The molecule has 0 atom stereocenters. The summed E-state index contributed by atoms with van der Waals surface area (Å²) in [6.45, 7) is 0.990. The summed E-state index contributed by atoms with van der Waals surface area (Å²) in [6.07, 6.45) is 0. The van der Waals surface area contributed by atoms with Gasteiger partial charge in [0, 0.05) is 6.54 Å². The molecule has 3 N–H and O–H groups in total. The van der Waals surface area contributed by atoms with E-state index < -0.39 is 0 Å². The molecule has 0 bridgehead atoms. The Labute approximate surface area is 106 Å². The Morgan fingerprint density at radius 2 is 2.11 bits per heavy atom. The zero-order chi connectivity index (χ0) is 13.2. The number of aliphatic hydroxyl groups is 1. The van der Waals surface area contributed by atoms with Gasteiger partial charge in [0.1, 0.15) is 5.75 Å². The van der Waals surface area contributed by atoms with E-state index in [1.165, 1.54) is 0 Å². The van der Waals surface area contributed by atoms with Gasteiger partial charge in [-0.15, -0.1) is 0 Å². The molecule has 1 aromatic carbocycles. The topological polar surface area (TPSA) is 79.8 Å². The van der Waals surface area contributed by atoms with E-state index in [4.69, 9.17) is 14.6 Å². The smallest absolute Gasteiger partial charge is 0.319 e. The lowest BCUT2D eigenvalue weighted by Crippen LogP contribution is -2.31. The van der Waals surface area contributed by atoms with Crippen molar-refractivity contribution in [3.8, 4) is 5.75 Å². The number of para-hydroxylation sites is 2. The lowest BCUT2D eigenvalue weighted by molar-refractivity contribution is 0.0950. The number of carbonyl (C=O) groups is 1. The highest BCUT2D eigenvalue weighted by molar-refractivity contribution is 5.90. The van der Waals surface area contributed by atoms with Crippen LogP contribution < -0.4 is 15.4 Å². The predicted molar refractivity (Wildman–Crippen MR) is 67.9 cm³/mol. The van der Waals surface area contributed by atoms with Crippen molar-refractivity contribution >= 4 is 11.7 Å². The van der Waals surface area contributed by atoms with Crippen LogP contribution in [0.5, 0.6) is 5.75 Å². The summed E-state index contributed by atoms with van der Waals surface area (Å²) in [5.41, 5.74) is 0.605. The Kier molecular flexibility index (Phi) is 6.60. The number of urea groups is 1. The number of ether oxygens (including phenoxy) is 2. The van der Waals surface area contributed by atoms with Crippen molar-refractivity contribution < 1.29 is 19.4 Å². The van der Waals surface area contributed by atoms with Crippen molar-refractivity contribution in [3.05, 3.63) is 24.3 Å². The molecular weight excluding hydrogens is 236 g/mol. The third-order valence-corrected chi connectivity index (χ3v) is 2.12. The second-order valence-corrected chi connectivity index (χ2v) is 3.42. The predicted octanol–water partition coefficient (Wildman–Crippen LogP) is 0.826. The lowest BCUT2D eigenvalue weighted by Gasteiger charge is -2.10. The van der Waals surface area contributed by atoms with Crippen LogP contribution in [0.4, 0.5) is 10.5 Å². The van der Waals surface area contributed by atoms with E-state index in [-0.39, 0.29) is 19.2 Å². The summed E-state index contributed by atoms with van der Waals surface area (Å²) in [4.78, 5) is 11.5. The molecule has 0 heterocycles. The number of hydrogen-bond acceptors (Lipinski definition) is 4. The lowest BCUT2D eigenvalue weighted by atomic mass is 10.3. The number of methoxy groups -OCH3 is 1. The van der Waals surface area contributed by atoms with E-state index in [0.717, 1.165) is 0 Å². The molecule has 6 nitrogen and oxygen atoms in total. The highest BCUT2D eigenvalue weighted by atomic mass is 16.5. The minimum absolute atomic E-state index is 0.0204. The van der Waals surface area contributed by atoms with Crippen LogP contribution in [0.3, 0.4) is 0 Å². The zero-order valence-corrected chi connectivity index (χ0v) is 10.3.